The Kier molecular flexibility index (Phi) is 4.50. The van der Waals surface area contributed by atoms with Crippen molar-refractivity contribution in [3.8, 4) is 0 Å². The van der Waals surface area contributed by atoms with Crippen LogP contribution in [0.5, 0.6) is 0 Å². The number of rotatable bonds is 6. The van der Waals surface area contributed by atoms with Crippen molar-refractivity contribution in [2.24, 2.45) is 46.8 Å². The fraction of sp³-hybridized carbons (Fsp3) is 0.920. The van der Waals surface area contributed by atoms with Gasteiger partial charge in [0.15, 0.2) is 0 Å². The van der Waals surface area contributed by atoms with Gasteiger partial charge in [0.25, 0.3) is 0 Å². The molecular weight excluding hydrogens is 360 g/mol. The predicted molar refractivity (Wildman–Crippen MR) is 112 cm³/mol. The molecule has 2 N–H and O–H groups in total. The molecule has 4 nitrogen and oxygen atoms in total. The largest absolute Gasteiger partial charge is 0.356 e. The average Bonchev–Trinajstić information content (AvgIpc) is 2.66. The maximum Gasteiger partial charge on any atom is 0.226 e. The summed E-state index contributed by atoms with van der Waals surface area (Å²) in [4.78, 5) is 25.6. The molecule has 2 amide bonds. The summed E-state index contributed by atoms with van der Waals surface area (Å²) >= 11 is 0. The number of carbonyl (C=O) groups is 2. The third-order valence-corrected chi connectivity index (χ3v) is 9.94. The molecule has 0 aromatic rings. The van der Waals surface area contributed by atoms with Gasteiger partial charge < -0.3 is 10.6 Å². The number of amides is 2. The van der Waals surface area contributed by atoms with Crippen molar-refractivity contribution in [1.29, 1.82) is 0 Å². The van der Waals surface area contributed by atoms with Gasteiger partial charge >= 0.3 is 0 Å². The quantitative estimate of drug-likeness (QED) is 0.664. The van der Waals surface area contributed by atoms with Crippen molar-refractivity contribution < 1.29 is 9.59 Å². The van der Waals surface area contributed by atoms with E-state index in [1.54, 1.807) is 0 Å². The van der Waals surface area contributed by atoms with Gasteiger partial charge in [0.2, 0.25) is 11.8 Å². The minimum absolute atomic E-state index is 0.0581. The van der Waals surface area contributed by atoms with Crippen molar-refractivity contribution in [1.82, 2.24) is 10.6 Å². The van der Waals surface area contributed by atoms with Gasteiger partial charge in [-0.15, -0.1) is 0 Å². The van der Waals surface area contributed by atoms with Gasteiger partial charge in [0.1, 0.15) is 0 Å². The number of hydrogen-bond donors (Lipinski definition) is 2. The zero-order chi connectivity index (χ0) is 19.6. The lowest BCUT2D eigenvalue weighted by atomic mass is 9.49. The molecule has 8 aliphatic rings. The van der Waals surface area contributed by atoms with Crippen LogP contribution in [0.25, 0.3) is 0 Å². The molecule has 0 radical (unpaired) electrons. The molecule has 0 heterocycles. The van der Waals surface area contributed by atoms with Gasteiger partial charge in [0, 0.05) is 24.4 Å². The summed E-state index contributed by atoms with van der Waals surface area (Å²) in [5.74, 6) is 6.31. The van der Waals surface area contributed by atoms with Crippen LogP contribution in [0, 0.1) is 46.8 Å². The van der Waals surface area contributed by atoms with Crippen molar-refractivity contribution in [2.45, 2.75) is 89.5 Å². The van der Waals surface area contributed by atoms with E-state index in [-0.39, 0.29) is 11.3 Å². The van der Waals surface area contributed by atoms with E-state index in [4.69, 9.17) is 0 Å². The lowest BCUT2D eigenvalue weighted by molar-refractivity contribution is -0.146. The van der Waals surface area contributed by atoms with Crippen LogP contribution in [-0.2, 0) is 9.59 Å². The standard InChI is InChI=1S/C25H38N2O2/c28-22(27-23-20-8-15-4-16(10-20)11-21(23)9-15)2-1-3-26-24(29)25-12-17-5-18(13-25)7-19(6-17)14-25/h15-21,23H,1-14H2,(H,26,29)(H,27,28). The molecule has 8 bridgehead atoms. The molecule has 4 heteroatoms. The second kappa shape index (κ2) is 6.99. The maximum atomic E-state index is 13.0. The summed E-state index contributed by atoms with van der Waals surface area (Å²) in [5.41, 5.74) is -0.0581. The topological polar surface area (TPSA) is 58.2 Å². The second-order valence-electron chi connectivity index (χ2n) is 12.1. The zero-order valence-corrected chi connectivity index (χ0v) is 17.8. The van der Waals surface area contributed by atoms with Crippen molar-refractivity contribution >= 4 is 11.8 Å². The van der Waals surface area contributed by atoms with Crippen LogP contribution in [0.4, 0.5) is 0 Å². The summed E-state index contributed by atoms with van der Waals surface area (Å²) in [5, 5.41) is 6.64. The van der Waals surface area contributed by atoms with Crippen molar-refractivity contribution in [3.63, 3.8) is 0 Å². The van der Waals surface area contributed by atoms with Crippen LogP contribution in [0.3, 0.4) is 0 Å². The minimum atomic E-state index is -0.0581. The highest BCUT2D eigenvalue weighted by molar-refractivity contribution is 5.83. The van der Waals surface area contributed by atoms with E-state index in [0.717, 1.165) is 67.1 Å². The van der Waals surface area contributed by atoms with Crippen LogP contribution < -0.4 is 10.6 Å². The Balaban J connectivity index is 0.956. The molecule has 8 aliphatic carbocycles. The van der Waals surface area contributed by atoms with E-state index in [1.165, 1.54) is 51.4 Å². The summed E-state index contributed by atoms with van der Waals surface area (Å²) in [6.07, 6.45) is 15.7. The second-order valence-corrected chi connectivity index (χ2v) is 12.1. The smallest absolute Gasteiger partial charge is 0.226 e. The van der Waals surface area contributed by atoms with E-state index in [2.05, 4.69) is 10.6 Å². The third kappa shape index (κ3) is 3.33. The van der Waals surface area contributed by atoms with Crippen molar-refractivity contribution in [2.75, 3.05) is 6.54 Å². The molecule has 160 valence electrons. The average molecular weight is 399 g/mol. The summed E-state index contributed by atoms with van der Waals surface area (Å²) in [6.45, 7) is 0.662. The lowest BCUT2D eigenvalue weighted by Gasteiger charge is -2.55. The highest BCUT2D eigenvalue weighted by atomic mass is 16.2. The highest BCUT2D eigenvalue weighted by Gasteiger charge is 2.54. The van der Waals surface area contributed by atoms with Crippen LogP contribution >= 0.6 is 0 Å². The first-order valence-corrected chi connectivity index (χ1v) is 12.6. The van der Waals surface area contributed by atoms with E-state index in [0.29, 0.717) is 24.9 Å². The first-order chi connectivity index (χ1) is 14.1. The Labute approximate surface area is 175 Å². The Hall–Kier alpha value is -1.06. The molecule has 8 rings (SSSR count). The fourth-order valence-electron chi connectivity index (χ4n) is 9.45. The number of hydrogen-bond acceptors (Lipinski definition) is 2. The Bertz CT molecular complexity index is 623. The normalized spacial score (nSPS) is 48.7. The SMILES string of the molecule is O=C(CCCNC(=O)C12CC3CC(CC(C3)C1)C2)NC1C2CC3CC(C2)CC1C3. The Morgan fingerprint density at radius 2 is 1.24 bits per heavy atom. The first-order valence-electron chi connectivity index (χ1n) is 12.6. The van der Waals surface area contributed by atoms with E-state index < -0.39 is 0 Å². The third-order valence-electron chi connectivity index (χ3n) is 9.94. The van der Waals surface area contributed by atoms with E-state index in [9.17, 15) is 9.59 Å². The molecule has 29 heavy (non-hydrogen) atoms. The summed E-state index contributed by atoms with van der Waals surface area (Å²) in [7, 11) is 0. The maximum absolute atomic E-state index is 13.0. The summed E-state index contributed by atoms with van der Waals surface area (Å²) in [6, 6.07) is 0.442. The van der Waals surface area contributed by atoms with Crippen molar-refractivity contribution in [3.05, 3.63) is 0 Å². The van der Waals surface area contributed by atoms with Crippen LogP contribution in [-0.4, -0.2) is 24.4 Å². The van der Waals surface area contributed by atoms with Crippen LogP contribution in [0.2, 0.25) is 0 Å². The van der Waals surface area contributed by atoms with Gasteiger partial charge in [-0.2, -0.15) is 0 Å². The molecule has 0 aromatic carbocycles. The zero-order valence-electron chi connectivity index (χ0n) is 17.8. The summed E-state index contributed by atoms with van der Waals surface area (Å²) < 4.78 is 0. The molecule has 0 spiro atoms. The molecule has 0 aliphatic heterocycles. The van der Waals surface area contributed by atoms with Crippen LogP contribution in [0.1, 0.15) is 83.5 Å². The number of nitrogens with one attached hydrogen (secondary N) is 2. The first kappa shape index (κ1) is 18.7. The molecule has 8 fully saturated rings. The lowest BCUT2D eigenvalue weighted by Crippen LogP contribution is -2.55. The predicted octanol–water partition coefficient (Wildman–Crippen LogP) is 4.04. The minimum Gasteiger partial charge on any atom is -0.356 e. The molecular formula is C25H38N2O2. The van der Waals surface area contributed by atoms with Gasteiger partial charge in [-0.3, -0.25) is 9.59 Å². The van der Waals surface area contributed by atoms with E-state index in [1.807, 2.05) is 0 Å². The van der Waals surface area contributed by atoms with E-state index >= 15 is 0 Å². The molecule has 0 saturated heterocycles. The number of carbonyl (C=O) groups excluding carboxylic acids is 2. The molecule has 8 saturated carbocycles. The molecule has 0 aromatic heterocycles. The van der Waals surface area contributed by atoms with Gasteiger partial charge in [0.05, 0.1) is 0 Å². The monoisotopic (exact) mass is 398 g/mol. The Morgan fingerprint density at radius 1 is 0.724 bits per heavy atom. The van der Waals surface area contributed by atoms with Gasteiger partial charge in [-0.25, -0.2) is 0 Å². The highest BCUT2D eigenvalue weighted by Crippen LogP contribution is 2.60. The Morgan fingerprint density at radius 3 is 1.79 bits per heavy atom. The van der Waals surface area contributed by atoms with Crippen LogP contribution in [0.15, 0.2) is 0 Å². The van der Waals surface area contributed by atoms with Gasteiger partial charge in [-0.1, -0.05) is 0 Å². The molecule has 0 atom stereocenters. The molecule has 0 unspecified atom stereocenters. The van der Waals surface area contributed by atoms with Gasteiger partial charge in [-0.05, 0) is 118 Å². The fourth-order valence-corrected chi connectivity index (χ4v) is 9.45.